The number of halogens is 1. The van der Waals surface area contributed by atoms with Gasteiger partial charge in [0.15, 0.2) is 6.61 Å². The molecule has 0 unspecified atom stereocenters. The molecule has 0 N–H and O–H groups in total. The van der Waals surface area contributed by atoms with Crippen LogP contribution >= 0.6 is 11.6 Å². The van der Waals surface area contributed by atoms with Crippen LogP contribution in [0.2, 0.25) is 5.02 Å². The Morgan fingerprint density at radius 2 is 1.84 bits per heavy atom. The van der Waals surface area contributed by atoms with Crippen LogP contribution in [0.3, 0.4) is 0 Å². The van der Waals surface area contributed by atoms with Gasteiger partial charge in [0, 0.05) is 37.7 Å². The Bertz CT molecular complexity index is 592. The average Bonchev–Trinajstić information content (AvgIpc) is 2.67. The van der Waals surface area contributed by atoms with Gasteiger partial charge in [0.2, 0.25) is 0 Å². The van der Waals surface area contributed by atoms with Crippen LogP contribution < -0.4 is 4.74 Å². The van der Waals surface area contributed by atoms with Gasteiger partial charge in [-0.05, 0) is 56.4 Å². The number of nitrogens with zero attached hydrogens (tertiary/aromatic N) is 2. The summed E-state index contributed by atoms with van der Waals surface area (Å²) in [5.74, 6) is 0.738. The number of allylic oxidation sites excluding steroid dienone is 1. The lowest BCUT2D eigenvalue weighted by atomic mass is 9.97. The molecule has 0 aromatic heterocycles. The van der Waals surface area contributed by atoms with E-state index in [1.165, 1.54) is 32.1 Å². The normalized spacial score (nSPS) is 18.8. The van der Waals surface area contributed by atoms with Crippen LogP contribution in [0, 0.1) is 0 Å². The molecule has 1 aliphatic heterocycles. The van der Waals surface area contributed by atoms with Crippen LogP contribution in [0.15, 0.2) is 35.9 Å². The van der Waals surface area contributed by atoms with E-state index in [-0.39, 0.29) is 12.5 Å². The summed E-state index contributed by atoms with van der Waals surface area (Å²) in [6.07, 6.45) is 8.85. The number of rotatable bonds is 6. The first-order chi connectivity index (χ1) is 12.2. The van der Waals surface area contributed by atoms with Gasteiger partial charge in [0.05, 0.1) is 0 Å². The first-order valence-electron chi connectivity index (χ1n) is 9.27. The maximum absolute atomic E-state index is 12.3. The third-order valence-electron chi connectivity index (χ3n) is 5.04. The lowest BCUT2D eigenvalue weighted by Crippen LogP contribution is -2.50. The van der Waals surface area contributed by atoms with Crippen LogP contribution in [-0.2, 0) is 4.79 Å². The molecule has 2 aliphatic rings. The lowest BCUT2D eigenvalue weighted by molar-refractivity contribution is -0.135. The largest absolute Gasteiger partial charge is 0.484 e. The Hall–Kier alpha value is -1.52. The molecule has 3 rings (SSSR count). The van der Waals surface area contributed by atoms with Crippen LogP contribution in [0.4, 0.5) is 0 Å². The molecular formula is C20H27ClN2O2. The minimum absolute atomic E-state index is 0.0598. The maximum atomic E-state index is 12.3. The van der Waals surface area contributed by atoms with Gasteiger partial charge in [-0.3, -0.25) is 9.69 Å². The van der Waals surface area contributed by atoms with E-state index in [1.54, 1.807) is 29.8 Å². The highest BCUT2D eigenvalue weighted by atomic mass is 35.5. The molecule has 0 radical (unpaired) electrons. The van der Waals surface area contributed by atoms with E-state index in [2.05, 4.69) is 11.0 Å². The fourth-order valence-corrected chi connectivity index (χ4v) is 3.55. The van der Waals surface area contributed by atoms with Crippen molar-refractivity contribution < 1.29 is 9.53 Å². The standard InChI is InChI=1S/C20H27ClN2O2/c21-18-6-8-19(9-7-18)25-16-20(24)23-14-12-22(13-15-23)11-10-17-4-2-1-3-5-17/h4,6-9H,1-3,5,10-16H2. The van der Waals surface area contributed by atoms with Crippen molar-refractivity contribution in [1.82, 2.24) is 9.80 Å². The molecular weight excluding hydrogens is 336 g/mol. The van der Waals surface area contributed by atoms with Gasteiger partial charge in [-0.25, -0.2) is 0 Å². The van der Waals surface area contributed by atoms with Crippen molar-refractivity contribution >= 4 is 17.5 Å². The topological polar surface area (TPSA) is 32.8 Å². The highest BCUT2D eigenvalue weighted by molar-refractivity contribution is 6.30. The van der Waals surface area contributed by atoms with E-state index in [1.807, 2.05) is 4.90 Å². The summed E-state index contributed by atoms with van der Waals surface area (Å²) in [5, 5.41) is 0.666. The Morgan fingerprint density at radius 1 is 1.08 bits per heavy atom. The zero-order valence-electron chi connectivity index (χ0n) is 14.8. The van der Waals surface area contributed by atoms with Gasteiger partial charge in [-0.15, -0.1) is 0 Å². The van der Waals surface area contributed by atoms with E-state index >= 15 is 0 Å². The van der Waals surface area contributed by atoms with Gasteiger partial charge >= 0.3 is 0 Å². The Morgan fingerprint density at radius 3 is 2.52 bits per heavy atom. The van der Waals surface area contributed by atoms with Gasteiger partial charge in [0.25, 0.3) is 5.91 Å². The van der Waals surface area contributed by atoms with Crippen molar-refractivity contribution in [1.29, 1.82) is 0 Å². The van der Waals surface area contributed by atoms with Gasteiger partial charge in [-0.1, -0.05) is 23.3 Å². The third kappa shape index (κ3) is 5.75. The van der Waals surface area contributed by atoms with E-state index in [9.17, 15) is 4.79 Å². The summed E-state index contributed by atoms with van der Waals surface area (Å²) in [6.45, 7) is 4.72. The summed E-state index contributed by atoms with van der Waals surface area (Å²) >= 11 is 5.85. The zero-order chi connectivity index (χ0) is 17.5. The molecule has 136 valence electrons. The van der Waals surface area contributed by atoms with Crippen molar-refractivity contribution in [3.05, 3.63) is 40.9 Å². The van der Waals surface area contributed by atoms with Crippen molar-refractivity contribution in [3.63, 3.8) is 0 Å². The highest BCUT2D eigenvalue weighted by Crippen LogP contribution is 2.20. The van der Waals surface area contributed by atoms with Crippen LogP contribution in [-0.4, -0.2) is 55.0 Å². The first-order valence-corrected chi connectivity index (χ1v) is 9.65. The molecule has 1 amide bonds. The molecule has 0 atom stereocenters. The molecule has 1 aliphatic carbocycles. The molecule has 1 heterocycles. The minimum Gasteiger partial charge on any atom is -0.484 e. The Kier molecular flexibility index (Phi) is 6.76. The summed E-state index contributed by atoms with van der Waals surface area (Å²) in [7, 11) is 0. The molecule has 0 bridgehead atoms. The van der Waals surface area contributed by atoms with E-state index in [0.717, 1.165) is 32.7 Å². The maximum Gasteiger partial charge on any atom is 0.260 e. The predicted octanol–water partition coefficient (Wildman–Crippen LogP) is 3.75. The fourth-order valence-electron chi connectivity index (χ4n) is 3.42. The summed E-state index contributed by atoms with van der Waals surface area (Å²) in [5.41, 5.74) is 1.63. The molecule has 1 aromatic rings. The van der Waals surface area contributed by atoms with Crippen molar-refractivity contribution in [2.24, 2.45) is 0 Å². The Balaban J connectivity index is 1.35. The summed E-state index contributed by atoms with van der Waals surface area (Å²) in [4.78, 5) is 16.7. The van der Waals surface area contributed by atoms with E-state index in [4.69, 9.17) is 16.3 Å². The lowest BCUT2D eigenvalue weighted by Gasteiger charge is -2.35. The second kappa shape index (κ2) is 9.25. The van der Waals surface area contributed by atoms with E-state index in [0.29, 0.717) is 10.8 Å². The first kappa shape index (κ1) is 18.3. The quantitative estimate of drug-likeness (QED) is 0.722. The number of hydrogen-bond acceptors (Lipinski definition) is 3. The smallest absolute Gasteiger partial charge is 0.260 e. The molecule has 25 heavy (non-hydrogen) atoms. The molecule has 4 nitrogen and oxygen atoms in total. The van der Waals surface area contributed by atoms with Gasteiger partial charge in [0.1, 0.15) is 5.75 Å². The van der Waals surface area contributed by atoms with Gasteiger partial charge in [-0.2, -0.15) is 0 Å². The van der Waals surface area contributed by atoms with E-state index < -0.39 is 0 Å². The third-order valence-corrected chi connectivity index (χ3v) is 5.29. The fraction of sp³-hybridized carbons (Fsp3) is 0.550. The Labute approximate surface area is 155 Å². The second-order valence-corrected chi connectivity index (χ2v) is 7.26. The number of amides is 1. The highest BCUT2D eigenvalue weighted by Gasteiger charge is 2.21. The number of ether oxygens (including phenoxy) is 1. The van der Waals surface area contributed by atoms with Crippen LogP contribution in [0.5, 0.6) is 5.75 Å². The summed E-state index contributed by atoms with van der Waals surface area (Å²) in [6, 6.07) is 7.10. The van der Waals surface area contributed by atoms with Crippen molar-refractivity contribution in [2.75, 3.05) is 39.3 Å². The monoisotopic (exact) mass is 362 g/mol. The number of carbonyl (C=O) groups is 1. The second-order valence-electron chi connectivity index (χ2n) is 6.82. The molecule has 1 aromatic carbocycles. The van der Waals surface area contributed by atoms with Crippen LogP contribution in [0.1, 0.15) is 32.1 Å². The SMILES string of the molecule is O=C(COc1ccc(Cl)cc1)N1CCN(CCC2=CCCCC2)CC1. The molecule has 0 spiro atoms. The molecule has 0 saturated carbocycles. The van der Waals surface area contributed by atoms with Crippen LogP contribution in [0.25, 0.3) is 0 Å². The number of benzene rings is 1. The van der Waals surface area contributed by atoms with Crippen molar-refractivity contribution in [2.45, 2.75) is 32.1 Å². The number of hydrogen-bond donors (Lipinski definition) is 0. The molecule has 1 saturated heterocycles. The number of piperazine rings is 1. The zero-order valence-corrected chi connectivity index (χ0v) is 15.5. The molecule has 1 fully saturated rings. The summed E-state index contributed by atoms with van der Waals surface area (Å²) < 4.78 is 5.56. The average molecular weight is 363 g/mol. The molecule has 5 heteroatoms. The van der Waals surface area contributed by atoms with Gasteiger partial charge < -0.3 is 9.64 Å². The number of carbonyl (C=O) groups excluding carboxylic acids is 1. The minimum atomic E-state index is 0.0598. The van der Waals surface area contributed by atoms with Crippen molar-refractivity contribution in [3.8, 4) is 5.75 Å². The predicted molar refractivity (Wildman–Crippen MR) is 101 cm³/mol.